The maximum absolute atomic E-state index is 6.22. The molecule has 0 aromatic heterocycles. The minimum absolute atomic E-state index is 0.215. The molecule has 2 aliphatic heterocycles. The Balaban J connectivity index is 1.76. The Labute approximate surface area is 155 Å². The summed E-state index contributed by atoms with van der Waals surface area (Å²) in [6, 6.07) is 9.63. The molecule has 0 radical (unpaired) electrons. The molecular formula is C20H30O6. The lowest BCUT2D eigenvalue weighted by Crippen LogP contribution is -2.65. The largest absolute Gasteiger partial charge is 0.482 e. The van der Waals surface area contributed by atoms with Crippen molar-refractivity contribution in [3.05, 3.63) is 30.3 Å². The number of hydrogen-bond acceptors (Lipinski definition) is 6. The first-order valence-corrected chi connectivity index (χ1v) is 9.72. The molecule has 0 saturated carbocycles. The lowest BCUT2D eigenvalue weighted by atomic mass is 9.97. The Morgan fingerprint density at radius 1 is 0.923 bits per heavy atom. The Morgan fingerprint density at radius 3 is 2.31 bits per heavy atom. The van der Waals surface area contributed by atoms with E-state index in [4.69, 9.17) is 28.7 Å². The van der Waals surface area contributed by atoms with Gasteiger partial charge in [-0.25, -0.2) is 9.78 Å². The van der Waals surface area contributed by atoms with E-state index in [1.165, 1.54) is 0 Å². The highest BCUT2D eigenvalue weighted by Crippen LogP contribution is 2.33. The second-order valence-electron chi connectivity index (χ2n) is 6.70. The zero-order valence-corrected chi connectivity index (χ0v) is 15.7. The number of rotatable bonds is 10. The summed E-state index contributed by atoms with van der Waals surface area (Å²) >= 11 is 0. The highest BCUT2D eigenvalue weighted by atomic mass is 17.2. The van der Waals surface area contributed by atoms with Crippen LogP contribution in [0.5, 0.6) is 5.75 Å². The van der Waals surface area contributed by atoms with Crippen LogP contribution < -0.4 is 4.74 Å². The summed E-state index contributed by atoms with van der Waals surface area (Å²) in [7, 11) is 0. The third-order valence-electron chi connectivity index (χ3n) is 4.62. The summed E-state index contributed by atoms with van der Waals surface area (Å²) in [4.78, 5) is 10.6. The number of benzene rings is 1. The molecule has 0 N–H and O–H groups in total. The fourth-order valence-electron chi connectivity index (χ4n) is 3.16. The van der Waals surface area contributed by atoms with Crippen LogP contribution in [-0.4, -0.2) is 50.5 Å². The predicted octanol–water partition coefficient (Wildman–Crippen LogP) is 3.49. The van der Waals surface area contributed by atoms with Crippen molar-refractivity contribution in [2.75, 3.05) is 19.8 Å². The van der Waals surface area contributed by atoms with Gasteiger partial charge in [0.2, 0.25) is 6.29 Å². The first-order chi connectivity index (χ1) is 12.8. The van der Waals surface area contributed by atoms with Gasteiger partial charge < -0.3 is 18.9 Å². The van der Waals surface area contributed by atoms with E-state index in [-0.39, 0.29) is 18.3 Å². The van der Waals surface area contributed by atoms with E-state index in [1.807, 2.05) is 30.3 Å². The van der Waals surface area contributed by atoms with Crippen molar-refractivity contribution in [1.29, 1.82) is 0 Å². The van der Waals surface area contributed by atoms with Crippen LogP contribution in [0.1, 0.15) is 39.5 Å². The summed E-state index contributed by atoms with van der Waals surface area (Å²) in [6.07, 6.45) is 2.31. The molecule has 26 heavy (non-hydrogen) atoms. The average Bonchev–Trinajstić information content (AvgIpc) is 2.68. The van der Waals surface area contributed by atoms with Crippen LogP contribution in [0.2, 0.25) is 0 Å². The van der Waals surface area contributed by atoms with Crippen molar-refractivity contribution < 1.29 is 28.7 Å². The Morgan fingerprint density at radius 2 is 1.62 bits per heavy atom. The minimum Gasteiger partial charge on any atom is -0.482 e. The van der Waals surface area contributed by atoms with E-state index in [0.29, 0.717) is 19.8 Å². The van der Waals surface area contributed by atoms with Crippen molar-refractivity contribution in [3.8, 4) is 5.75 Å². The fraction of sp³-hybridized carbons (Fsp3) is 0.700. The number of unbranched alkanes of at least 4 members (excludes halogenated alkanes) is 2. The second kappa shape index (κ2) is 10.2. The van der Waals surface area contributed by atoms with Crippen molar-refractivity contribution in [3.63, 3.8) is 0 Å². The van der Waals surface area contributed by atoms with Gasteiger partial charge >= 0.3 is 0 Å². The molecule has 3 unspecified atom stereocenters. The van der Waals surface area contributed by atoms with Crippen molar-refractivity contribution in [2.45, 2.75) is 70.2 Å². The Hall–Kier alpha value is -1.18. The topological polar surface area (TPSA) is 55.4 Å². The molecule has 2 saturated heterocycles. The SMILES string of the molecule is CCCCOC1[C@H](OCCCC)C2COOC(O2)[C@@H]1Oc1ccccc1. The van der Waals surface area contributed by atoms with Gasteiger partial charge in [-0.3, -0.25) is 0 Å². The monoisotopic (exact) mass is 366 g/mol. The molecule has 146 valence electrons. The molecular weight excluding hydrogens is 336 g/mol. The summed E-state index contributed by atoms with van der Waals surface area (Å²) in [5, 5.41) is 0. The predicted molar refractivity (Wildman–Crippen MR) is 95.9 cm³/mol. The fourth-order valence-corrected chi connectivity index (χ4v) is 3.16. The summed E-state index contributed by atoms with van der Waals surface area (Å²) in [5.41, 5.74) is 0. The first-order valence-electron chi connectivity index (χ1n) is 9.72. The molecule has 3 rings (SSSR count). The molecule has 2 heterocycles. The standard InChI is InChI=1S/C20H30O6/c1-3-5-12-21-17-16-14-23-26-20(25-16)19(18(17)22-13-6-4-2)24-15-10-8-7-9-11-15/h7-11,16-20H,3-6,12-14H2,1-2H3/t16?,17-,18?,19-,20?/m1/s1. The van der Waals surface area contributed by atoms with Crippen molar-refractivity contribution >= 4 is 0 Å². The van der Waals surface area contributed by atoms with Crippen molar-refractivity contribution in [2.24, 2.45) is 0 Å². The lowest BCUT2D eigenvalue weighted by molar-refractivity contribution is -0.473. The van der Waals surface area contributed by atoms with Crippen LogP contribution in [0, 0.1) is 0 Å². The molecule has 1 aromatic rings. The number of hydrogen-bond donors (Lipinski definition) is 0. The molecule has 1 aromatic carbocycles. The Bertz CT molecular complexity index is 510. The van der Waals surface area contributed by atoms with E-state index in [1.54, 1.807) is 0 Å². The maximum atomic E-state index is 6.22. The van der Waals surface area contributed by atoms with Crippen LogP contribution in [-0.2, 0) is 24.0 Å². The van der Waals surface area contributed by atoms with Gasteiger partial charge in [-0.15, -0.1) is 0 Å². The van der Waals surface area contributed by atoms with E-state index in [9.17, 15) is 0 Å². The highest BCUT2D eigenvalue weighted by molar-refractivity contribution is 5.21. The molecule has 2 fully saturated rings. The van der Waals surface area contributed by atoms with E-state index >= 15 is 0 Å². The normalized spacial score (nSPS) is 30.9. The quantitative estimate of drug-likeness (QED) is 0.467. The van der Waals surface area contributed by atoms with Gasteiger partial charge in [-0.1, -0.05) is 44.9 Å². The molecule has 0 amide bonds. The van der Waals surface area contributed by atoms with Gasteiger partial charge in [0.15, 0.2) is 6.10 Å². The van der Waals surface area contributed by atoms with Gasteiger partial charge in [0.25, 0.3) is 0 Å². The van der Waals surface area contributed by atoms with Gasteiger partial charge in [0, 0.05) is 13.2 Å². The molecule has 2 bridgehead atoms. The van der Waals surface area contributed by atoms with Gasteiger partial charge in [-0.2, -0.15) is 0 Å². The molecule has 0 aliphatic carbocycles. The maximum Gasteiger partial charge on any atom is 0.231 e. The summed E-state index contributed by atoms with van der Waals surface area (Å²) in [6.45, 7) is 5.94. The summed E-state index contributed by atoms with van der Waals surface area (Å²) in [5.74, 6) is 0.741. The van der Waals surface area contributed by atoms with Gasteiger partial charge in [0.05, 0.1) is 0 Å². The molecule has 5 atom stereocenters. The van der Waals surface area contributed by atoms with Gasteiger partial charge in [0.1, 0.15) is 30.7 Å². The summed E-state index contributed by atoms with van der Waals surface area (Å²) < 4.78 is 24.6. The number of ether oxygens (including phenoxy) is 4. The Kier molecular flexibility index (Phi) is 7.70. The van der Waals surface area contributed by atoms with E-state index in [0.717, 1.165) is 31.4 Å². The van der Waals surface area contributed by atoms with E-state index < -0.39 is 12.4 Å². The first kappa shape index (κ1) is 19.6. The smallest absolute Gasteiger partial charge is 0.231 e. The third-order valence-corrected chi connectivity index (χ3v) is 4.62. The van der Waals surface area contributed by atoms with Gasteiger partial charge in [-0.05, 0) is 25.0 Å². The zero-order chi connectivity index (χ0) is 18.2. The molecule has 0 spiro atoms. The van der Waals surface area contributed by atoms with Crippen molar-refractivity contribution in [1.82, 2.24) is 0 Å². The van der Waals surface area contributed by atoms with Crippen LogP contribution in [0.15, 0.2) is 30.3 Å². The highest BCUT2D eigenvalue weighted by Gasteiger charge is 2.52. The van der Waals surface area contributed by atoms with E-state index in [2.05, 4.69) is 13.8 Å². The lowest BCUT2D eigenvalue weighted by Gasteiger charge is -2.47. The number of fused-ring (bicyclic) bond motifs is 2. The minimum atomic E-state index is -0.633. The van der Waals surface area contributed by atoms with Crippen LogP contribution >= 0.6 is 0 Å². The third kappa shape index (κ3) is 4.96. The molecule has 6 nitrogen and oxygen atoms in total. The zero-order valence-electron chi connectivity index (χ0n) is 15.7. The van der Waals surface area contributed by atoms with Crippen LogP contribution in [0.4, 0.5) is 0 Å². The average molecular weight is 366 g/mol. The number of para-hydroxylation sites is 1. The molecule has 6 heteroatoms. The van der Waals surface area contributed by atoms with Crippen LogP contribution in [0.3, 0.4) is 0 Å². The van der Waals surface area contributed by atoms with Crippen LogP contribution in [0.25, 0.3) is 0 Å². The molecule has 2 aliphatic rings. The second-order valence-corrected chi connectivity index (χ2v) is 6.70.